The zero-order valence-electron chi connectivity index (χ0n) is 12.6. The van der Waals surface area contributed by atoms with Crippen LogP contribution in [0, 0.1) is 0 Å². The fraction of sp³-hybridized carbons (Fsp3) is 0.167. The highest BCUT2D eigenvalue weighted by atomic mass is 32.2. The van der Waals surface area contributed by atoms with Crippen molar-refractivity contribution in [1.29, 1.82) is 0 Å². The number of para-hydroxylation sites is 2. The van der Waals surface area contributed by atoms with Gasteiger partial charge in [-0.3, -0.25) is 9.69 Å². The molecule has 2 aromatic rings. The summed E-state index contributed by atoms with van der Waals surface area (Å²) in [5, 5.41) is 0.197. The number of thioether (sulfide) groups is 1. The second-order valence-corrected chi connectivity index (χ2v) is 6.31. The summed E-state index contributed by atoms with van der Waals surface area (Å²) >= 11 is 1.79. The third-order valence-corrected chi connectivity index (χ3v) is 4.96. The first-order valence-corrected chi connectivity index (χ1v) is 8.06. The first-order valence-electron chi connectivity index (χ1n) is 7.18. The molecule has 0 spiro atoms. The van der Waals surface area contributed by atoms with Crippen LogP contribution in [-0.4, -0.2) is 18.3 Å². The first-order chi connectivity index (χ1) is 10.7. The standard InChI is InChI=1S/C18H18N2OS/c1-14(21)20(15-8-4-3-5-9-15)13-12-18-19(2)16-10-6-7-11-17(16)22-18/h3-13,18H,1-2H3. The monoisotopic (exact) mass is 310 g/mol. The van der Waals surface area contributed by atoms with Gasteiger partial charge in [-0.05, 0) is 30.3 Å². The van der Waals surface area contributed by atoms with E-state index < -0.39 is 0 Å². The molecule has 1 heterocycles. The molecular formula is C18H18N2OS. The average molecular weight is 310 g/mol. The number of benzene rings is 2. The van der Waals surface area contributed by atoms with Gasteiger partial charge in [-0.2, -0.15) is 0 Å². The Morgan fingerprint density at radius 2 is 1.82 bits per heavy atom. The first kappa shape index (κ1) is 14.7. The van der Waals surface area contributed by atoms with Gasteiger partial charge in [0.15, 0.2) is 0 Å². The highest BCUT2D eigenvalue weighted by Crippen LogP contribution is 2.42. The fourth-order valence-corrected chi connectivity index (χ4v) is 3.65. The normalized spacial score (nSPS) is 16.8. The van der Waals surface area contributed by atoms with Gasteiger partial charge in [0.2, 0.25) is 5.91 Å². The number of nitrogens with zero attached hydrogens (tertiary/aromatic N) is 2. The predicted molar refractivity (Wildman–Crippen MR) is 93.2 cm³/mol. The lowest BCUT2D eigenvalue weighted by Crippen LogP contribution is -2.26. The van der Waals surface area contributed by atoms with Gasteiger partial charge in [0.1, 0.15) is 0 Å². The minimum atomic E-state index is 0.00520. The maximum atomic E-state index is 11.9. The van der Waals surface area contributed by atoms with Crippen molar-refractivity contribution in [3.8, 4) is 0 Å². The van der Waals surface area contributed by atoms with Crippen molar-refractivity contribution in [2.75, 3.05) is 16.8 Å². The summed E-state index contributed by atoms with van der Waals surface area (Å²) in [6, 6.07) is 18.0. The van der Waals surface area contributed by atoms with E-state index in [4.69, 9.17) is 0 Å². The quantitative estimate of drug-likeness (QED) is 0.852. The van der Waals surface area contributed by atoms with E-state index in [1.165, 1.54) is 10.6 Å². The van der Waals surface area contributed by atoms with Crippen LogP contribution in [0.15, 0.2) is 71.8 Å². The van der Waals surface area contributed by atoms with Gasteiger partial charge in [0.05, 0.1) is 11.1 Å². The molecule has 1 amide bonds. The summed E-state index contributed by atoms with van der Waals surface area (Å²) in [7, 11) is 2.08. The number of amides is 1. The number of carbonyl (C=O) groups excluding carboxylic acids is 1. The number of fused-ring (bicyclic) bond motifs is 1. The van der Waals surface area contributed by atoms with Crippen molar-refractivity contribution in [2.45, 2.75) is 17.2 Å². The predicted octanol–water partition coefficient (Wildman–Crippen LogP) is 4.12. The van der Waals surface area contributed by atoms with E-state index in [1.807, 2.05) is 42.6 Å². The lowest BCUT2D eigenvalue weighted by Gasteiger charge is -2.21. The minimum absolute atomic E-state index is 0.00520. The molecule has 0 aromatic heterocycles. The Hall–Kier alpha value is -2.20. The molecule has 0 saturated heterocycles. The van der Waals surface area contributed by atoms with Gasteiger partial charge < -0.3 is 4.90 Å². The molecule has 0 bridgehead atoms. The van der Waals surface area contributed by atoms with Crippen LogP contribution in [0.2, 0.25) is 0 Å². The molecule has 4 heteroatoms. The second-order valence-electron chi connectivity index (χ2n) is 5.15. The van der Waals surface area contributed by atoms with Gasteiger partial charge in [-0.15, -0.1) is 0 Å². The topological polar surface area (TPSA) is 23.6 Å². The molecule has 3 rings (SSSR count). The highest BCUT2D eigenvalue weighted by molar-refractivity contribution is 8.00. The van der Waals surface area contributed by atoms with Crippen LogP contribution in [0.4, 0.5) is 11.4 Å². The van der Waals surface area contributed by atoms with Crippen LogP contribution in [0.25, 0.3) is 0 Å². The smallest absolute Gasteiger partial charge is 0.227 e. The third-order valence-electron chi connectivity index (χ3n) is 3.65. The third kappa shape index (κ3) is 2.88. The molecule has 2 aromatic carbocycles. The van der Waals surface area contributed by atoms with Gasteiger partial charge in [-0.1, -0.05) is 42.1 Å². The number of likely N-dealkylation sites (N-methyl/N-ethyl adjacent to an activating group) is 1. The van der Waals surface area contributed by atoms with Crippen LogP contribution in [-0.2, 0) is 4.79 Å². The van der Waals surface area contributed by atoms with Crippen molar-refractivity contribution in [3.05, 3.63) is 66.9 Å². The Morgan fingerprint density at radius 3 is 2.50 bits per heavy atom. The molecule has 22 heavy (non-hydrogen) atoms. The summed E-state index contributed by atoms with van der Waals surface area (Å²) in [6.45, 7) is 1.58. The molecule has 3 nitrogen and oxygen atoms in total. The molecule has 0 N–H and O–H groups in total. The molecule has 0 fully saturated rings. The molecular weight excluding hydrogens is 292 g/mol. The molecule has 0 aliphatic carbocycles. The Kier molecular flexibility index (Phi) is 4.20. The molecule has 0 saturated carbocycles. The van der Waals surface area contributed by atoms with Gasteiger partial charge in [0, 0.05) is 30.8 Å². The largest absolute Gasteiger partial charge is 0.358 e. The molecule has 1 aliphatic rings. The Bertz CT molecular complexity index is 699. The van der Waals surface area contributed by atoms with E-state index in [0.29, 0.717) is 0 Å². The fourth-order valence-electron chi connectivity index (χ4n) is 2.48. The van der Waals surface area contributed by atoms with E-state index in [9.17, 15) is 4.79 Å². The second kappa shape index (κ2) is 6.28. The van der Waals surface area contributed by atoms with Crippen LogP contribution >= 0.6 is 11.8 Å². The maximum absolute atomic E-state index is 11.9. The van der Waals surface area contributed by atoms with Crippen molar-refractivity contribution in [1.82, 2.24) is 0 Å². The minimum Gasteiger partial charge on any atom is -0.358 e. The van der Waals surface area contributed by atoms with Crippen LogP contribution in [0.5, 0.6) is 0 Å². The summed E-state index contributed by atoms with van der Waals surface area (Å²) in [6.07, 6.45) is 3.94. The van der Waals surface area contributed by atoms with Crippen LogP contribution < -0.4 is 9.80 Å². The van der Waals surface area contributed by atoms with E-state index in [-0.39, 0.29) is 11.3 Å². The Balaban J connectivity index is 1.80. The van der Waals surface area contributed by atoms with Crippen molar-refractivity contribution in [3.63, 3.8) is 0 Å². The lowest BCUT2D eigenvalue weighted by atomic mass is 10.3. The summed E-state index contributed by atoms with van der Waals surface area (Å²) in [5.41, 5.74) is 2.12. The molecule has 112 valence electrons. The maximum Gasteiger partial charge on any atom is 0.227 e. The van der Waals surface area contributed by atoms with E-state index in [1.54, 1.807) is 23.6 Å². The van der Waals surface area contributed by atoms with Gasteiger partial charge in [0.25, 0.3) is 0 Å². The number of carbonyl (C=O) groups is 1. The zero-order chi connectivity index (χ0) is 15.5. The zero-order valence-corrected chi connectivity index (χ0v) is 13.5. The molecule has 0 radical (unpaired) electrons. The Morgan fingerprint density at radius 1 is 1.14 bits per heavy atom. The number of anilines is 2. The summed E-state index contributed by atoms with van der Waals surface area (Å²) < 4.78 is 0. The van der Waals surface area contributed by atoms with E-state index in [2.05, 4.69) is 36.2 Å². The van der Waals surface area contributed by atoms with Gasteiger partial charge >= 0.3 is 0 Å². The van der Waals surface area contributed by atoms with Crippen molar-refractivity contribution >= 4 is 29.0 Å². The molecule has 1 atom stereocenters. The summed E-state index contributed by atoms with van der Waals surface area (Å²) in [4.78, 5) is 17.1. The SMILES string of the molecule is CC(=O)N(C=CC1Sc2ccccc2N1C)c1ccccc1. The Labute approximate surface area is 135 Å². The number of rotatable bonds is 3. The highest BCUT2D eigenvalue weighted by Gasteiger charge is 2.24. The summed E-state index contributed by atoms with van der Waals surface area (Å²) in [5.74, 6) is 0.00520. The number of hydrogen-bond acceptors (Lipinski definition) is 3. The van der Waals surface area contributed by atoms with E-state index in [0.717, 1.165) is 5.69 Å². The van der Waals surface area contributed by atoms with Crippen molar-refractivity contribution in [2.24, 2.45) is 0 Å². The number of hydrogen-bond donors (Lipinski definition) is 0. The lowest BCUT2D eigenvalue weighted by molar-refractivity contribution is -0.116. The average Bonchev–Trinajstić information content (AvgIpc) is 2.85. The van der Waals surface area contributed by atoms with E-state index >= 15 is 0 Å². The van der Waals surface area contributed by atoms with Gasteiger partial charge in [-0.25, -0.2) is 0 Å². The van der Waals surface area contributed by atoms with Crippen LogP contribution in [0.1, 0.15) is 6.92 Å². The molecule has 1 aliphatic heterocycles. The van der Waals surface area contributed by atoms with Crippen LogP contribution in [0.3, 0.4) is 0 Å². The molecule has 1 unspecified atom stereocenters. The van der Waals surface area contributed by atoms with Crippen molar-refractivity contribution < 1.29 is 4.79 Å².